The standard InChI is InChI=1S/C30H33F2N5O3S/c1-36-13-10-22(11-14-36)35-30(38)39-15-5-6-21-16-27(32)28(17-26(21)31)40-20-24-19-34-29(41-25-8-2-3-9-25)37(24)23-7-4-12-33-18-23/h4,7,12,16-19,22,25H,2-3,8-11,13-15,20H2,1H3,(H,35,38). The van der Waals surface area contributed by atoms with Crippen molar-refractivity contribution in [1.82, 2.24) is 24.8 Å². The van der Waals surface area contributed by atoms with Crippen molar-refractivity contribution in [3.05, 3.63) is 65.7 Å². The molecule has 8 nitrogen and oxygen atoms in total. The molecule has 0 unspecified atom stereocenters. The van der Waals surface area contributed by atoms with Crippen LogP contribution < -0.4 is 10.1 Å². The lowest BCUT2D eigenvalue weighted by molar-refractivity contribution is 0.147. The van der Waals surface area contributed by atoms with Gasteiger partial charge < -0.3 is 19.7 Å². The number of carbonyl (C=O) groups is 1. The van der Waals surface area contributed by atoms with Gasteiger partial charge in [-0.2, -0.15) is 0 Å². The molecule has 5 rings (SSSR count). The zero-order valence-corrected chi connectivity index (χ0v) is 23.8. The Labute approximate surface area is 242 Å². The molecule has 1 aliphatic carbocycles. The van der Waals surface area contributed by atoms with Gasteiger partial charge in [0.1, 0.15) is 12.4 Å². The SMILES string of the molecule is CN1CCC(NC(=O)OCC#Cc2cc(F)c(OCc3cnc(SC4CCCC4)n3-c3cccnc3)cc2F)CC1. The van der Waals surface area contributed by atoms with Crippen LogP contribution in [-0.4, -0.2) is 63.6 Å². The quantitative estimate of drug-likeness (QED) is 0.360. The molecule has 0 spiro atoms. The first-order valence-corrected chi connectivity index (χ1v) is 14.7. The third kappa shape index (κ3) is 7.77. The molecule has 1 N–H and O–H groups in total. The maximum atomic E-state index is 14.9. The van der Waals surface area contributed by atoms with Crippen molar-refractivity contribution in [2.45, 2.75) is 61.6 Å². The second-order valence-corrected chi connectivity index (χ2v) is 11.5. The molecule has 1 saturated carbocycles. The average molecular weight is 582 g/mol. The summed E-state index contributed by atoms with van der Waals surface area (Å²) in [5, 5.41) is 4.13. The van der Waals surface area contributed by atoms with Crippen molar-refractivity contribution in [3.63, 3.8) is 0 Å². The van der Waals surface area contributed by atoms with Crippen molar-refractivity contribution in [2.75, 3.05) is 26.7 Å². The Kier molecular flexibility index (Phi) is 9.75. The number of hydrogen-bond donors (Lipinski definition) is 1. The number of carbonyl (C=O) groups excluding carboxylic acids is 1. The smallest absolute Gasteiger partial charge is 0.408 e. The van der Waals surface area contributed by atoms with Crippen LogP contribution in [0.5, 0.6) is 5.75 Å². The van der Waals surface area contributed by atoms with E-state index in [2.05, 4.69) is 32.0 Å². The Morgan fingerprint density at radius 1 is 1.15 bits per heavy atom. The minimum Gasteiger partial charge on any atom is -0.484 e. The summed E-state index contributed by atoms with van der Waals surface area (Å²) in [7, 11) is 2.04. The Hall–Kier alpha value is -3.62. The van der Waals surface area contributed by atoms with Crippen LogP contribution in [0.4, 0.5) is 13.6 Å². The number of benzene rings is 1. The number of halogens is 2. The van der Waals surface area contributed by atoms with Crippen LogP contribution in [0.3, 0.4) is 0 Å². The van der Waals surface area contributed by atoms with Gasteiger partial charge in [0, 0.05) is 23.6 Å². The number of imidazole rings is 1. The fourth-order valence-corrected chi connectivity index (χ4v) is 6.26. The van der Waals surface area contributed by atoms with Gasteiger partial charge in [-0.3, -0.25) is 9.55 Å². The molecular formula is C30H33F2N5O3S. The molecule has 216 valence electrons. The normalized spacial score (nSPS) is 16.3. The van der Waals surface area contributed by atoms with E-state index in [0.717, 1.165) is 61.7 Å². The maximum Gasteiger partial charge on any atom is 0.408 e. The number of hydrogen-bond acceptors (Lipinski definition) is 7. The van der Waals surface area contributed by atoms with Gasteiger partial charge in [0.25, 0.3) is 0 Å². The predicted molar refractivity (Wildman–Crippen MR) is 152 cm³/mol. The summed E-state index contributed by atoms with van der Waals surface area (Å²) in [5.41, 5.74) is 1.37. The van der Waals surface area contributed by atoms with Crippen LogP contribution in [0, 0.1) is 23.5 Å². The topological polar surface area (TPSA) is 81.5 Å². The van der Waals surface area contributed by atoms with Crippen molar-refractivity contribution in [3.8, 4) is 23.3 Å². The van der Waals surface area contributed by atoms with Crippen molar-refractivity contribution >= 4 is 17.9 Å². The Morgan fingerprint density at radius 3 is 2.71 bits per heavy atom. The summed E-state index contributed by atoms with van der Waals surface area (Å²) < 4.78 is 42.3. The van der Waals surface area contributed by atoms with E-state index >= 15 is 0 Å². The first-order chi connectivity index (χ1) is 20.0. The van der Waals surface area contributed by atoms with Crippen LogP contribution in [0.15, 0.2) is 48.0 Å². The van der Waals surface area contributed by atoms with Crippen molar-refractivity contribution in [2.24, 2.45) is 0 Å². The molecular weight excluding hydrogens is 548 g/mol. The number of aromatic nitrogens is 3. The van der Waals surface area contributed by atoms with Crippen LogP contribution >= 0.6 is 11.8 Å². The van der Waals surface area contributed by atoms with Crippen LogP contribution in [0.2, 0.25) is 0 Å². The number of pyridine rings is 1. The Bertz CT molecular complexity index is 1390. The zero-order chi connectivity index (χ0) is 28.6. The number of amides is 1. The number of likely N-dealkylation sites (tertiary alicyclic amines) is 1. The lowest BCUT2D eigenvalue weighted by atomic mass is 10.1. The highest BCUT2D eigenvalue weighted by Crippen LogP contribution is 2.35. The van der Waals surface area contributed by atoms with E-state index in [9.17, 15) is 13.6 Å². The van der Waals surface area contributed by atoms with E-state index < -0.39 is 17.7 Å². The summed E-state index contributed by atoms with van der Waals surface area (Å²) in [5.74, 6) is 3.39. The fourth-order valence-electron chi connectivity index (χ4n) is 4.95. The minimum atomic E-state index is -0.746. The molecule has 11 heteroatoms. The molecule has 2 aliphatic rings. The first kappa shape index (κ1) is 28.9. The van der Waals surface area contributed by atoms with Gasteiger partial charge in [-0.05, 0) is 64.0 Å². The highest BCUT2D eigenvalue weighted by Gasteiger charge is 2.22. The molecule has 0 bridgehead atoms. The van der Waals surface area contributed by atoms with Gasteiger partial charge in [0.05, 0.1) is 29.3 Å². The molecule has 2 fully saturated rings. The maximum absolute atomic E-state index is 14.9. The minimum absolute atomic E-state index is 0.0191. The Morgan fingerprint density at radius 2 is 1.95 bits per heavy atom. The monoisotopic (exact) mass is 581 g/mol. The number of rotatable bonds is 8. The van der Waals surface area contributed by atoms with Crippen molar-refractivity contribution in [1.29, 1.82) is 0 Å². The third-order valence-corrected chi connectivity index (χ3v) is 8.52. The highest BCUT2D eigenvalue weighted by atomic mass is 32.2. The first-order valence-electron chi connectivity index (χ1n) is 13.8. The second kappa shape index (κ2) is 13.8. The summed E-state index contributed by atoms with van der Waals surface area (Å²) >= 11 is 1.72. The number of thioether (sulfide) groups is 1. The molecule has 1 amide bonds. The molecule has 1 saturated heterocycles. The van der Waals surface area contributed by atoms with Crippen LogP contribution in [-0.2, 0) is 11.3 Å². The summed E-state index contributed by atoms with van der Waals surface area (Å²) in [4.78, 5) is 23.0. The van der Waals surface area contributed by atoms with Gasteiger partial charge >= 0.3 is 6.09 Å². The Balaban J connectivity index is 1.20. The third-order valence-electron chi connectivity index (χ3n) is 7.22. The molecule has 3 aromatic rings. The lowest BCUT2D eigenvalue weighted by Gasteiger charge is -2.28. The molecule has 2 aromatic heterocycles. The van der Waals surface area contributed by atoms with Crippen molar-refractivity contribution < 1.29 is 23.0 Å². The molecule has 1 aliphatic heterocycles. The summed E-state index contributed by atoms with van der Waals surface area (Å²) in [6.45, 7) is 1.56. The summed E-state index contributed by atoms with van der Waals surface area (Å²) in [6, 6.07) is 5.78. The zero-order valence-electron chi connectivity index (χ0n) is 22.9. The average Bonchev–Trinajstić information content (AvgIpc) is 3.64. The number of nitrogens with one attached hydrogen (secondary N) is 1. The van der Waals surface area contributed by atoms with E-state index in [1.54, 1.807) is 30.4 Å². The molecule has 1 aromatic carbocycles. The highest BCUT2D eigenvalue weighted by molar-refractivity contribution is 7.99. The van der Waals surface area contributed by atoms with Crippen LogP contribution in [0.25, 0.3) is 5.69 Å². The number of piperidine rings is 1. The molecule has 41 heavy (non-hydrogen) atoms. The molecule has 3 heterocycles. The van der Waals surface area contributed by atoms with Gasteiger partial charge in [-0.25, -0.2) is 18.6 Å². The lowest BCUT2D eigenvalue weighted by Crippen LogP contribution is -2.43. The number of nitrogens with zero attached hydrogens (tertiary/aromatic N) is 4. The van der Waals surface area contributed by atoms with Gasteiger partial charge in [0.2, 0.25) is 0 Å². The van der Waals surface area contributed by atoms with Crippen LogP contribution in [0.1, 0.15) is 49.8 Å². The predicted octanol–water partition coefficient (Wildman–Crippen LogP) is 5.33. The second-order valence-electron chi connectivity index (χ2n) is 10.3. The van der Waals surface area contributed by atoms with Gasteiger partial charge in [-0.15, -0.1) is 0 Å². The van der Waals surface area contributed by atoms with Gasteiger partial charge in [-0.1, -0.05) is 36.4 Å². The molecule has 0 radical (unpaired) electrons. The summed E-state index contributed by atoms with van der Waals surface area (Å²) in [6.07, 6.45) is 11.0. The van der Waals surface area contributed by atoms with E-state index in [0.29, 0.717) is 10.9 Å². The number of ether oxygens (including phenoxy) is 2. The fraction of sp³-hybridized carbons (Fsp3) is 0.433. The van der Waals surface area contributed by atoms with Gasteiger partial charge in [0.15, 0.2) is 23.3 Å². The largest absolute Gasteiger partial charge is 0.484 e. The van der Waals surface area contributed by atoms with E-state index in [-0.39, 0.29) is 30.6 Å². The molecule has 0 atom stereocenters. The van der Waals surface area contributed by atoms with E-state index in [1.165, 1.54) is 12.8 Å². The number of alkyl carbamates (subject to hydrolysis) is 1. The van der Waals surface area contributed by atoms with E-state index in [1.807, 2.05) is 23.7 Å². The van der Waals surface area contributed by atoms with E-state index in [4.69, 9.17) is 9.47 Å².